The molecule has 1 N–H and O–H groups in total. The van der Waals surface area contributed by atoms with E-state index in [1.165, 1.54) is 12.1 Å². The number of aromatic nitrogens is 2. The Kier molecular flexibility index (Phi) is 3.99. The zero-order valence-electron chi connectivity index (χ0n) is 10.7. The number of hydrogen-bond donors (Lipinski definition) is 1. The van der Waals surface area contributed by atoms with Crippen molar-refractivity contribution in [2.24, 2.45) is 7.05 Å². The third-order valence-electron chi connectivity index (χ3n) is 2.69. The summed E-state index contributed by atoms with van der Waals surface area (Å²) in [4.78, 5) is 0. The molecule has 1 aromatic heterocycles. The van der Waals surface area contributed by atoms with Crippen molar-refractivity contribution in [3.8, 4) is 5.75 Å². The van der Waals surface area contributed by atoms with Crippen LogP contribution in [-0.4, -0.2) is 16.4 Å². The molecule has 6 heteroatoms. The Balaban J connectivity index is 2.01. The number of halogens is 2. The maximum atomic E-state index is 12.0. The van der Waals surface area contributed by atoms with E-state index in [9.17, 15) is 8.78 Å². The first-order valence-corrected chi connectivity index (χ1v) is 5.84. The largest absolute Gasteiger partial charge is 0.435 e. The smallest absolute Gasteiger partial charge is 0.387 e. The van der Waals surface area contributed by atoms with Crippen molar-refractivity contribution in [3.63, 3.8) is 0 Å². The minimum absolute atomic E-state index is 0.0461. The number of nitrogens with one attached hydrogen (secondary N) is 1. The molecule has 0 fully saturated rings. The topological polar surface area (TPSA) is 39.1 Å². The molecule has 0 radical (unpaired) electrons. The van der Waals surface area contributed by atoms with Gasteiger partial charge < -0.3 is 10.1 Å². The molecule has 2 rings (SSSR count). The SMILES string of the molecule is CC(Nc1cnn(C)c1)c1ccc(OC(F)F)cc1. The fourth-order valence-corrected chi connectivity index (χ4v) is 1.77. The molecule has 0 aliphatic carbocycles. The van der Waals surface area contributed by atoms with Crippen LogP contribution in [0.1, 0.15) is 18.5 Å². The highest BCUT2D eigenvalue weighted by molar-refractivity contribution is 5.42. The molecule has 0 aliphatic heterocycles. The number of ether oxygens (including phenoxy) is 1. The summed E-state index contributed by atoms with van der Waals surface area (Å²) in [5.74, 6) is 0.160. The molecule has 0 amide bonds. The van der Waals surface area contributed by atoms with Gasteiger partial charge in [-0.15, -0.1) is 0 Å². The quantitative estimate of drug-likeness (QED) is 0.904. The highest BCUT2D eigenvalue weighted by Crippen LogP contribution is 2.22. The first-order chi connectivity index (χ1) is 9.04. The van der Waals surface area contributed by atoms with Crippen molar-refractivity contribution in [2.45, 2.75) is 19.6 Å². The summed E-state index contributed by atoms with van der Waals surface area (Å²) in [7, 11) is 1.84. The fourth-order valence-electron chi connectivity index (χ4n) is 1.77. The summed E-state index contributed by atoms with van der Waals surface area (Å²) in [6.07, 6.45) is 3.59. The molecule has 19 heavy (non-hydrogen) atoms. The van der Waals surface area contributed by atoms with Gasteiger partial charge in [-0.3, -0.25) is 4.68 Å². The molecule has 0 aliphatic rings. The van der Waals surface area contributed by atoms with E-state index in [2.05, 4.69) is 15.2 Å². The second-order valence-corrected chi connectivity index (χ2v) is 4.22. The molecule has 1 unspecified atom stereocenters. The number of hydrogen-bond acceptors (Lipinski definition) is 3. The van der Waals surface area contributed by atoms with E-state index in [-0.39, 0.29) is 11.8 Å². The van der Waals surface area contributed by atoms with Gasteiger partial charge in [0.2, 0.25) is 0 Å². The highest BCUT2D eigenvalue weighted by Gasteiger charge is 2.08. The molecular formula is C13H15F2N3O. The Morgan fingerprint density at radius 1 is 1.26 bits per heavy atom. The van der Waals surface area contributed by atoms with Crippen LogP contribution in [0.2, 0.25) is 0 Å². The fraction of sp³-hybridized carbons (Fsp3) is 0.308. The molecule has 1 aromatic carbocycles. The lowest BCUT2D eigenvalue weighted by Crippen LogP contribution is -2.06. The molecule has 0 bridgehead atoms. The van der Waals surface area contributed by atoms with Gasteiger partial charge in [0.05, 0.1) is 11.9 Å². The second kappa shape index (κ2) is 5.69. The Bertz CT molecular complexity index is 525. The number of anilines is 1. The van der Waals surface area contributed by atoms with Crippen LogP contribution in [0.4, 0.5) is 14.5 Å². The van der Waals surface area contributed by atoms with Gasteiger partial charge >= 0.3 is 6.61 Å². The molecule has 0 saturated carbocycles. The van der Waals surface area contributed by atoms with Crippen LogP contribution in [0.3, 0.4) is 0 Å². The van der Waals surface area contributed by atoms with Gasteiger partial charge in [0, 0.05) is 19.3 Å². The molecule has 0 spiro atoms. The van der Waals surface area contributed by atoms with Crippen LogP contribution in [0, 0.1) is 0 Å². The molecule has 1 atom stereocenters. The number of aryl methyl sites for hydroxylation is 1. The van der Waals surface area contributed by atoms with Crippen molar-refractivity contribution in [3.05, 3.63) is 42.2 Å². The standard InChI is InChI=1S/C13H15F2N3O/c1-9(17-11-7-16-18(2)8-11)10-3-5-12(6-4-10)19-13(14)15/h3-9,13,17H,1-2H3. The monoisotopic (exact) mass is 267 g/mol. The Labute approximate surface area is 110 Å². The van der Waals surface area contributed by atoms with E-state index in [4.69, 9.17) is 0 Å². The average molecular weight is 267 g/mol. The maximum Gasteiger partial charge on any atom is 0.387 e. The van der Waals surface area contributed by atoms with E-state index in [1.54, 1.807) is 23.0 Å². The lowest BCUT2D eigenvalue weighted by molar-refractivity contribution is -0.0498. The molecule has 1 heterocycles. The van der Waals surface area contributed by atoms with Crippen LogP contribution in [0.25, 0.3) is 0 Å². The van der Waals surface area contributed by atoms with E-state index in [0.717, 1.165) is 11.3 Å². The first kappa shape index (κ1) is 13.3. The van der Waals surface area contributed by atoms with Crippen LogP contribution in [0.5, 0.6) is 5.75 Å². The van der Waals surface area contributed by atoms with Gasteiger partial charge in [-0.2, -0.15) is 13.9 Å². The van der Waals surface area contributed by atoms with Crippen LogP contribution < -0.4 is 10.1 Å². The van der Waals surface area contributed by atoms with E-state index < -0.39 is 6.61 Å². The number of rotatable bonds is 5. The summed E-state index contributed by atoms with van der Waals surface area (Å²) >= 11 is 0. The molecule has 2 aromatic rings. The summed E-state index contributed by atoms with van der Waals surface area (Å²) in [5, 5.41) is 7.33. The number of alkyl halides is 2. The molecule has 0 saturated heterocycles. The van der Waals surface area contributed by atoms with Gasteiger partial charge in [-0.1, -0.05) is 12.1 Å². The van der Waals surface area contributed by atoms with Gasteiger partial charge in [0.25, 0.3) is 0 Å². The second-order valence-electron chi connectivity index (χ2n) is 4.22. The summed E-state index contributed by atoms with van der Waals surface area (Å²) in [6, 6.07) is 6.62. The number of benzene rings is 1. The lowest BCUT2D eigenvalue weighted by atomic mass is 10.1. The lowest BCUT2D eigenvalue weighted by Gasteiger charge is -2.14. The van der Waals surface area contributed by atoms with Crippen LogP contribution >= 0.6 is 0 Å². The molecule has 102 valence electrons. The molecular weight excluding hydrogens is 252 g/mol. The third kappa shape index (κ3) is 3.67. The highest BCUT2D eigenvalue weighted by atomic mass is 19.3. The van der Waals surface area contributed by atoms with Crippen molar-refractivity contribution < 1.29 is 13.5 Å². The van der Waals surface area contributed by atoms with Crippen molar-refractivity contribution in [1.29, 1.82) is 0 Å². The normalized spacial score (nSPS) is 12.5. The van der Waals surface area contributed by atoms with E-state index >= 15 is 0 Å². The minimum Gasteiger partial charge on any atom is -0.435 e. The Morgan fingerprint density at radius 3 is 2.47 bits per heavy atom. The number of nitrogens with zero attached hydrogens (tertiary/aromatic N) is 2. The van der Waals surface area contributed by atoms with Gasteiger partial charge in [-0.05, 0) is 24.6 Å². The first-order valence-electron chi connectivity index (χ1n) is 5.84. The van der Waals surface area contributed by atoms with Crippen LogP contribution in [-0.2, 0) is 7.05 Å². The zero-order valence-corrected chi connectivity index (χ0v) is 10.7. The Morgan fingerprint density at radius 2 is 1.95 bits per heavy atom. The predicted molar refractivity (Wildman–Crippen MR) is 68.3 cm³/mol. The maximum absolute atomic E-state index is 12.0. The predicted octanol–water partition coefficient (Wildman–Crippen LogP) is 3.19. The minimum atomic E-state index is -2.79. The van der Waals surface area contributed by atoms with Gasteiger partial charge in [0.1, 0.15) is 5.75 Å². The van der Waals surface area contributed by atoms with Crippen LogP contribution in [0.15, 0.2) is 36.7 Å². The zero-order chi connectivity index (χ0) is 13.8. The Hall–Kier alpha value is -2.11. The van der Waals surface area contributed by atoms with E-state index in [0.29, 0.717) is 0 Å². The van der Waals surface area contributed by atoms with Gasteiger partial charge in [-0.25, -0.2) is 0 Å². The van der Waals surface area contributed by atoms with Gasteiger partial charge in [0.15, 0.2) is 0 Å². The summed E-state index contributed by atoms with van der Waals surface area (Å²) < 4.78 is 30.1. The average Bonchev–Trinajstić information content (AvgIpc) is 2.75. The third-order valence-corrected chi connectivity index (χ3v) is 2.69. The molecule has 4 nitrogen and oxygen atoms in total. The van der Waals surface area contributed by atoms with Crippen molar-refractivity contribution >= 4 is 5.69 Å². The van der Waals surface area contributed by atoms with Crippen molar-refractivity contribution in [2.75, 3.05) is 5.32 Å². The van der Waals surface area contributed by atoms with Crippen molar-refractivity contribution in [1.82, 2.24) is 9.78 Å². The van der Waals surface area contributed by atoms with E-state index in [1.807, 2.05) is 20.2 Å². The summed E-state index contributed by atoms with van der Waals surface area (Å²) in [6.45, 7) is -0.813. The summed E-state index contributed by atoms with van der Waals surface area (Å²) in [5.41, 5.74) is 1.88.